The summed E-state index contributed by atoms with van der Waals surface area (Å²) in [5, 5.41) is 8.25. The van der Waals surface area contributed by atoms with Crippen LogP contribution in [0.4, 0.5) is 4.79 Å². The maximum atomic E-state index is 14.6. The Hall–Kier alpha value is -4.90. The zero-order valence-corrected chi connectivity index (χ0v) is 40.1. The number of pyridine rings is 1. The second-order valence-electron chi connectivity index (χ2n) is 19.1. The molecule has 2 saturated heterocycles. The number of carbonyl (C=O) groups excluding carboxylic acids is 4. The number of carbonyl (C=O) groups is 4. The van der Waals surface area contributed by atoms with Crippen LogP contribution in [0.3, 0.4) is 0 Å². The fourth-order valence-electron chi connectivity index (χ4n) is 9.77. The molecule has 64 heavy (non-hydrogen) atoms. The van der Waals surface area contributed by atoms with Crippen molar-refractivity contribution in [2.75, 3.05) is 54.5 Å². The lowest BCUT2D eigenvalue weighted by Crippen LogP contribution is -2.62. The number of nitrogens with one attached hydrogen (secondary N) is 2. The monoisotopic (exact) mass is 897 g/mol. The molecule has 7 rings (SSSR count). The number of methoxy groups -OCH3 is 1. The van der Waals surface area contributed by atoms with Crippen molar-refractivity contribution in [1.29, 1.82) is 0 Å². The van der Waals surface area contributed by atoms with Crippen molar-refractivity contribution in [2.45, 2.75) is 117 Å². The topological polar surface area (TPSA) is 154 Å². The van der Waals surface area contributed by atoms with Crippen LogP contribution in [0, 0.1) is 11.3 Å². The fourth-order valence-corrected chi connectivity index (χ4v) is 10.6. The third-order valence-corrected chi connectivity index (χ3v) is 13.8. The van der Waals surface area contributed by atoms with Crippen LogP contribution in [0.15, 0.2) is 41.9 Å². The summed E-state index contributed by atoms with van der Waals surface area (Å²) in [6.07, 6.45) is 5.11. The summed E-state index contributed by atoms with van der Waals surface area (Å²) in [7, 11) is 7.36. The van der Waals surface area contributed by atoms with Crippen LogP contribution in [0.2, 0.25) is 0 Å². The van der Waals surface area contributed by atoms with Gasteiger partial charge in [0, 0.05) is 91.8 Å². The van der Waals surface area contributed by atoms with Crippen molar-refractivity contribution in [1.82, 2.24) is 45.0 Å². The molecule has 346 valence electrons. The van der Waals surface area contributed by atoms with E-state index in [2.05, 4.69) is 65.2 Å². The van der Waals surface area contributed by atoms with Crippen LogP contribution in [-0.4, -0.2) is 137 Å². The average molecular weight is 898 g/mol. The summed E-state index contributed by atoms with van der Waals surface area (Å²) >= 11 is 1.43. The Morgan fingerprint density at radius 3 is 2.58 bits per heavy atom. The van der Waals surface area contributed by atoms with Crippen molar-refractivity contribution in [3.05, 3.63) is 58.2 Å². The fraction of sp³-hybridized carbons (Fsp3) is 0.583. The van der Waals surface area contributed by atoms with Crippen molar-refractivity contribution in [3.8, 4) is 22.5 Å². The van der Waals surface area contributed by atoms with Gasteiger partial charge in [-0.05, 0) is 95.8 Å². The zero-order valence-electron chi connectivity index (χ0n) is 39.3. The Kier molecular flexibility index (Phi) is 14.5. The number of ether oxygens (including phenoxy) is 2. The number of aryl methyl sites for hydroxylation is 1. The van der Waals surface area contributed by atoms with Gasteiger partial charge >= 0.3 is 12.0 Å². The van der Waals surface area contributed by atoms with E-state index < -0.39 is 35.4 Å². The second kappa shape index (κ2) is 19.7. The number of hydrazine groups is 1. The van der Waals surface area contributed by atoms with Gasteiger partial charge in [-0.2, -0.15) is 0 Å². The molecule has 4 amide bonds. The number of aromatic nitrogens is 3. The summed E-state index contributed by atoms with van der Waals surface area (Å²) < 4.78 is 14.3. The second-order valence-corrected chi connectivity index (χ2v) is 20.0. The highest BCUT2D eigenvalue weighted by atomic mass is 32.1. The number of amides is 4. The smallest absolute Gasteiger partial charge is 0.324 e. The molecule has 0 saturated carbocycles. The Morgan fingerprint density at radius 1 is 1.09 bits per heavy atom. The van der Waals surface area contributed by atoms with E-state index in [-0.39, 0.29) is 43.0 Å². The van der Waals surface area contributed by atoms with E-state index in [4.69, 9.17) is 19.4 Å². The molecule has 1 unspecified atom stereocenters. The van der Waals surface area contributed by atoms with Gasteiger partial charge in [-0.25, -0.2) is 15.2 Å². The Labute approximate surface area is 381 Å². The largest absolute Gasteiger partial charge is 0.464 e. The minimum Gasteiger partial charge on any atom is -0.464 e. The van der Waals surface area contributed by atoms with Gasteiger partial charge in [0.25, 0.3) is 5.91 Å². The van der Waals surface area contributed by atoms with E-state index in [9.17, 15) is 19.2 Å². The number of hydrogen-bond donors (Lipinski definition) is 2. The molecule has 5 atom stereocenters. The molecule has 0 spiro atoms. The summed E-state index contributed by atoms with van der Waals surface area (Å²) in [4.78, 5) is 72.5. The van der Waals surface area contributed by atoms with E-state index in [1.807, 2.05) is 51.2 Å². The number of hydrogen-bond acceptors (Lipinski definition) is 11. The molecule has 6 heterocycles. The summed E-state index contributed by atoms with van der Waals surface area (Å²) in [5.74, 6) is -1.50. The van der Waals surface area contributed by atoms with Gasteiger partial charge in [-0.1, -0.05) is 33.8 Å². The van der Waals surface area contributed by atoms with Crippen LogP contribution < -0.4 is 10.7 Å². The van der Waals surface area contributed by atoms with Crippen molar-refractivity contribution < 1.29 is 28.7 Å². The maximum Gasteiger partial charge on any atom is 0.324 e. The number of urea groups is 1. The quantitative estimate of drug-likeness (QED) is 0.173. The van der Waals surface area contributed by atoms with E-state index in [1.165, 1.54) is 21.2 Å². The first-order valence-corrected chi connectivity index (χ1v) is 23.7. The van der Waals surface area contributed by atoms with Crippen molar-refractivity contribution in [3.63, 3.8) is 0 Å². The number of cyclic esters (lactones) is 1. The van der Waals surface area contributed by atoms with Crippen molar-refractivity contribution >= 4 is 46.1 Å². The highest BCUT2D eigenvalue weighted by molar-refractivity contribution is 7.10. The van der Waals surface area contributed by atoms with Crippen LogP contribution >= 0.6 is 11.3 Å². The molecule has 16 heteroatoms. The van der Waals surface area contributed by atoms with Gasteiger partial charge in [-0.15, -0.1) is 11.3 Å². The van der Waals surface area contributed by atoms with Gasteiger partial charge in [-0.3, -0.25) is 24.4 Å². The minimum atomic E-state index is -1.04. The van der Waals surface area contributed by atoms with Crippen LogP contribution in [0.5, 0.6) is 0 Å². The molecule has 3 aromatic heterocycles. The van der Waals surface area contributed by atoms with Crippen LogP contribution in [-0.2, 0) is 43.2 Å². The number of nitrogens with zero attached hydrogens (tertiary/aromatic N) is 7. The van der Waals surface area contributed by atoms with E-state index in [0.717, 1.165) is 64.1 Å². The number of rotatable bonds is 10. The van der Waals surface area contributed by atoms with Crippen LogP contribution in [0.1, 0.15) is 89.6 Å². The lowest BCUT2D eigenvalue weighted by Gasteiger charge is -2.38. The van der Waals surface area contributed by atoms with E-state index in [1.54, 1.807) is 20.4 Å². The van der Waals surface area contributed by atoms with Crippen LogP contribution in [0.25, 0.3) is 33.4 Å². The predicted molar refractivity (Wildman–Crippen MR) is 249 cm³/mol. The highest BCUT2D eigenvalue weighted by Gasteiger charge is 2.40. The van der Waals surface area contributed by atoms with Gasteiger partial charge in [0.1, 0.15) is 18.1 Å². The first-order chi connectivity index (χ1) is 30.5. The van der Waals surface area contributed by atoms with Gasteiger partial charge in [0.15, 0.2) is 0 Å². The number of thiazole rings is 1. The van der Waals surface area contributed by atoms with Gasteiger partial charge < -0.3 is 34.1 Å². The molecule has 15 nitrogen and oxygen atoms in total. The summed E-state index contributed by atoms with van der Waals surface area (Å²) in [5.41, 5.74) is 9.42. The summed E-state index contributed by atoms with van der Waals surface area (Å²) in [6.45, 7) is 14.7. The zero-order chi connectivity index (χ0) is 46.0. The third-order valence-electron chi connectivity index (χ3n) is 13.0. The lowest BCUT2D eigenvalue weighted by molar-refractivity contribution is -0.155. The number of fused-ring (bicyclic) bond motifs is 6. The summed E-state index contributed by atoms with van der Waals surface area (Å²) in [6, 6.07) is 7.69. The number of benzene rings is 1. The first kappa shape index (κ1) is 47.1. The van der Waals surface area contributed by atoms with Gasteiger partial charge in [0.2, 0.25) is 5.91 Å². The van der Waals surface area contributed by atoms with E-state index in [0.29, 0.717) is 43.9 Å². The standard InChI is InChI=1S/C48H67N9O6S/c1-11-55-39-19-18-31-23-34(39)35(43(55)33-16-12-20-49-41(33)30(4)62-10)25-48(5,6)28-63-46(60)36-17-14-22-57(52-36)45(59)37(24-40-50-38(31)27-64-40)51-44(58)42(29(2)3)54(9)47(61)56-21-13-15-32(56)26-53(7)8/h12,16,18-20,23,27,29-30,32,36-37,42,52H,11,13-15,17,21-22,24-26,28H2,1-10H3,(H,51,58)/t30-,32-,36-,37-,42?/m0/s1. The molecule has 6 bridgehead atoms. The van der Waals surface area contributed by atoms with Crippen molar-refractivity contribution in [2.24, 2.45) is 11.3 Å². The Morgan fingerprint density at radius 2 is 1.86 bits per heavy atom. The highest BCUT2D eigenvalue weighted by Crippen LogP contribution is 2.42. The first-order valence-electron chi connectivity index (χ1n) is 22.8. The maximum absolute atomic E-state index is 14.6. The SMILES string of the molecule is CCn1c(-c2cccnc2[C@H](C)OC)c2c3cc(ccc31)-c1csc(n1)C[C@H](NC(=O)C(C(C)C)N(C)C(=O)N1CCC[C@H]1CN(C)C)C(=O)N1CCC[C@H](N1)C(=O)OCC(C)(C)C2. The number of likely N-dealkylation sites (tertiary alicyclic amines) is 1. The number of likely N-dealkylation sites (N-methyl/N-ethyl adjacent to an activating group) is 2. The molecular weight excluding hydrogens is 831 g/mol. The molecule has 4 aromatic rings. The normalized spacial score (nSPS) is 21.5. The van der Waals surface area contributed by atoms with E-state index >= 15 is 0 Å². The molecule has 3 aliphatic heterocycles. The Balaban J connectivity index is 1.28. The average Bonchev–Trinajstić information content (AvgIpc) is 4.01. The molecule has 0 aliphatic carbocycles. The molecule has 2 N–H and O–H groups in total. The lowest BCUT2D eigenvalue weighted by atomic mass is 9.84. The number of esters is 1. The molecule has 1 aromatic carbocycles. The third kappa shape index (κ3) is 9.85. The minimum absolute atomic E-state index is 0.0544. The molecule has 0 radical (unpaired) electrons. The Bertz CT molecular complexity index is 2340. The molecular formula is C48H67N9O6S. The predicted octanol–water partition coefficient (Wildman–Crippen LogP) is 6.30. The van der Waals surface area contributed by atoms with Gasteiger partial charge in [0.05, 0.1) is 34.8 Å². The molecule has 2 fully saturated rings. The molecule has 3 aliphatic rings.